The first kappa shape index (κ1) is 22.2. The lowest BCUT2D eigenvalue weighted by Gasteiger charge is -2.27. The van der Waals surface area contributed by atoms with Gasteiger partial charge in [-0.1, -0.05) is 23.9 Å². The molecule has 0 fully saturated rings. The number of nitrogens with zero attached hydrogens (tertiary/aromatic N) is 3. The fourth-order valence-corrected chi connectivity index (χ4v) is 4.55. The molecule has 1 aliphatic rings. The van der Waals surface area contributed by atoms with Crippen molar-refractivity contribution in [2.75, 3.05) is 12.4 Å². The number of benzene rings is 2. The number of ketones is 1. The van der Waals surface area contributed by atoms with Crippen LogP contribution >= 0.6 is 11.8 Å². The molecule has 3 heterocycles. The molecule has 0 aliphatic carbocycles. The van der Waals surface area contributed by atoms with Crippen LogP contribution in [-0.2, 0) is 6.54 Å². The number of para-hydroxylation sites is 2. The van der Waals surface area contributed by atoms with Crippen molar-refractivity contribution in [2.24, 2.45) is 0 Å². The maximum absolute atomic E-state index is 13.1. The van der Waals surface area contributed by atoms with Gasteiger partial charge >= 0.3 is 0 Å². The number of hydrogen-bond acceptors (Lipinski definition) is 7. The molecule has 0 radical (unpaired) electrons. The van der Waals surface area contributed by atoms with Gasteiger partial charge in [-0.25, -0.2) is 4.39 Å². The predicted molar refractivity (Wildman–Crippen MR) is 125 cm³/mol. The van der Waals surface area contributed by atoms with E-state index in [4.69, 9.17) is 13.9 Å². The van der Waals surface area contributed by atoms with Crippen molar-refractivity contribution in [3.63, 3.8) is 0 Å². The third kappa shape index (κ3) is 4.56. The average molecular weight is 480 g/mol. The largest absolute Gasteiger partial charge is 0.486 e. The number of aromatic nitrogens is 3. The molecule has 2 aromatic heterocycles. The number of carbonyl (C=O) groups excluding carboxylic acids is 1. The molecular formula is C25H22FN3O4S. The van der Waals surface area contributed by atoms with Gasteiger partial charge in [0.2, 0.25) is 5.89 Å². The van der Waals surface area contributed by atoms with Crippen LogP contribution in [0.5, 0.6) is 11.5 Å². The van der Waals surface area contributed by atoms with E-state index in [-0.39, 0.29) is 34.6 Å². The second-order valence-corrected chi connectivity index (χ2v) is 8.91. The van der Waals surface area contributed by atoms with Gasteiger partial charge in [-0.2, -0.15) is 0 Å². The summed E-state index contributed by atoms with van der Waals surface area (Å²) < 4.78 is 32.7. The van der Waals surface area contributed by atoms with Gasteiger partial charge < -0.3 is 18.5 Å². The van der Waals surface area contributed by atoms with E-state index in [1.165, 1.54) is 23.9 Å². The van der Waals surface area contributed by atoms with E-state index in [0.29, 0.717) is 24.3 Å². The Balaban J connectivity index is 1.23. The fourth-order valence-electron chi connectivity index (χ4n) is 3.90. The number of hydrogen-bond donors (Lipinski definition) is 0. The Morgan fingerprint density at radius 2 is 1.88 bits per heavy atom. The molecule has 174 valence electrons. The topological polar surface area (TPSA) is 79.4 Å². The number of fused-ring (bicyclic) bond motifs is 1. The minimum Gasteiger partial charge on any atom is -0.486 e. The van der Waals surface area contributed by atoms with E-state index < -0.39 is 0 Å². The first-order chi connectivity index (χ1) is 16.5. The lowest BCUT2D eigenvalue weighted by Crippen LogP contribution is -2.33. The third-order valence-corrected chi connectivity index (χ3v) is 6.47. The van der Waals surface area contributed by atoms with Crippen LogP contribution in [0.4, 0.5) is 4.39 Å². The second kappa shape index (κ2) is 9.34. The first-order valence-electron chi connectivity index (χ1n) is 10.8. The Labute approximate surface area is 199 Å². The number of aryl methyl sites for hydroxylation is 1. The van der Waals surface area contributed by atoms with Gasteiger partial charge in [0.25, 0.3) is 5.22 Å². The van der Waals surface area contributed by atoms with E-state index in [1.54, 1.807) is 12.1 Å². The number of thioether (sulfide) groups is 1. The lowest BCUT2D eigenvalue weighted by molar-refractivity contribution is 0.0777. The zero-order valence-corrected chi connectivity index (χ0v) is 19.5. The molecule has 0 N–H and O–H groups in total. The molecule has 34 heavy (non-hydrogen) atoms. The summed E-state index contributed by atoms with van der Waals surface area (Å²) in [4.78, 5) is 13.0. The summed E-state index contributed by atoms with van der Waals surface area (Å²) in [7, 11) is 0. The highest BCUT2D eigenvalue weighted by Crippen LogP contribution is 2.32. The van der Waals surface area contributed by atoms with Crippen LogP contribution in [0.1, 0.15) is 21.7 Å². The molecule has 0 amide bonds. The number of Topliss-reactive ketones (excluding diaryl/α,β-unsaturated/α-hetero) is 1. The normalized spacial score (nSPS) is 14.9. The molecule has 9 heteroatoms. The minimum absolute atomic E-state index is 0.0305. The Kier molecular flexibility index (Phi) is 6.10. The molecule has 4 aromatic rings. The Morgan fingerprint density at radius 3 is 2.68 bits per heavy atom. The van der Waals surface area contributed by atoms with Crippen LogP contribution in [0.25, 0.3) is 11.5 Å². The summed E-state index contributed by atoms with van der Waals surface area (Å²) in [6, 6.07) is 15.3. The van der Waals surface area contributed by atoms with E-state index in [2.05, 4.69) is 14.8 Å². The van der Waals surface area contributed by atoms with E-state index in [9.17, 15) is 9.18 Å². The Hall–Kier alpha value is -3.59. The van der Waals surface area contributed by atoms with Crippen molar-refractivity contribution >= 4 is 17.5 Å². The number of ether oxygens (including phenoxy) is 2. The van der Waals surface area contributed by atoms with Crippen molar-refractivity contribution in [3.8, 4) is 23.0 Å². The standard InChI is InChI=1S/C25H22FN3O4S/c1-15-11-20(16(2)29(15)12-19-13-31-22-5-3-4-6-23(22)32-19)21(30)14-34-25-28-27-24(33-25)17-7-9-18(26)10-8-17/h3-11,19H,12-14H2,1-2H3/t19-/m0/s1. The average Bonchev–Trinajstić information content (AvgIpc) is 3.43. The molecule has 0 unspecified atom stereocenters. The van der Waals surface area contributed by atoms with Crippen LogP contribution in [-0.4, -0.2) is 39.0 Å². The quantitative estimate of drug-likeness (QED) is 0.269. The number of rotatable bonds is 7. The van der Waals surface area contributed by atoms with Crippen molar-refractivity contribution in [1.82, 2.24) is 14.8 Å². The summed E-state index contributed by atoms with van der Waals surface area (Å²) in [6.45, 7) is 4.93. The summed E-state index contributed by atoms with van der Waals surface area (Å²) in [5.74, 6) is 1.55. The van der Waals surface area contributed by atoms with E-state index in [0.717, 1.165) is 22.9 Å². The highest BCUT2D eigenvalue weighted by molar-refractivity contribution is 7.99. The monoisotopic (exact) mass is 479 g/mol. The summed E-state index contributed by atoms with van der Waals surface area (Å²) in [6.07, 6.45) is -0.152. The maximum Gasteiger partial charge on any atom is 0.277 e. The van der Waals surface area contributed by atoms with Gasteiger partial charge in [0.05, 0.1) is 12.3 Å². The summed E-state index contributed by atoms with van der Waals surface area (Å²) in [5, 5.41) is 8.25. The van der Waals surface area contributed by atoms with Crippen molar-refractivity contribution in [1.29, 1.82) is 0 Å². The van der Waals surface area contributed by atoms with E-state index in [1.807, 2.05) is 44.2 Å². The maximum atomic E-state index is 13.1. The summed E-state index contributed by atoms with van der Waals surface area (Å²) in [5.41, 5.74) is 3.13. The zero-order chi connectivity index (χ0) is 23.7. The third-order valence-electron chi connectivity index (χ3n) is 5.65. The molecule has 1 atom stereocenters. The molecule has 0 saturated carbocycles. The van der Waals surface area contributed by atoms with Gasteiger partial charge in [-0.3, -0.25) is 4.79 Å². The highest BCUT2D eigenvalue weighted by Gasteiger charge is 2.24. The van der Waals surface area contributed by atoms with Gasteiger partial charge in [0.1, 0.15) is 12.4 Å². The number of halogens is 1. The zero-order valence-electron chi connectivity index (χ0n) is 18.7. The lowest BCUT2D eigenvalue weighted by atomic mass is 10.2. The molecule has 0 spiro atoms. The van der Waals surface area contributed by atoms with Crippen LogP contribution in [0, 0.1) is 19.7 Å². The SMILES string of the molecule is Cc1cc(C(=O)CSc2nnc(-c3ccc(F)cc3)o2)c(C)n1C[C@H]1COc2ccccc2O1. The van der Waals surface area contributed by atoms with Crippen LogP contribution in [0.3, 0.4) is 0 Å². The molecular weight excluding hydrogens is 457 g/mol. The van der Waals surface area contributed by atoms with Gasteiger partial charge in [-0.15, -0.1) is 10.2 Å². The van der Waals surface area contributed by atoms with Crippen LogP contribution in [0.15, 0.2) is 64.2 Å². The molecule has 0 bridgehead atoms. The molecule has 0 saturated heterocycles. The first-order valence-corrected chi connectivity index (χ1v) is 11.8. The Morgan fingerprint density at radius 1 is 1.12 bits per heavy atom. The number of carbonyl (C=O) groups is 1. The predicted octanol–water partition coefficient (Wildman–Crippen LogP) is 5.11. The van der Waals surface area contributed by atoms with Crippen LogP contribution in [0.2, 0.25) is 0 Å². The van der Waals surface area contributed by atoms with Crippen molar-refractivity contribution in [3.05, 3.63) is 77.4 Å². The van der Waals surface area contributed by atoms with Crippen molar-refractivity contribution in [2.45, 2.75) is 31.7 Å². The minimum atomic E-state index is -0.339. The molecule has 7 nitrogen and oxygen atoms in total. The van der Waals surface area contributed by atoms with Gasteiger partial charge in [0, 0.05) is 22.5 Å². The molecule has 1 aliphatic heterocycles. The highest BCUT2D eigenvalue weighted by atomic mass is 32.2. The summed E-state index contributed by atoms with van der Waals surface area (Å²) >= 11 is 1.18. The van der Waals surface area contributed by atoms with E-state index >= 15 is 0 Å². The fraction of sp³-hybridized carbons (Fsp3) is 0.240. The van der Waals surface area contributed by atoms with Crippen LogP contribution < -0.4 is 9.47 Å². The van der Waals surface area contributed by atoms with Gasteiger partial charge in [0.15, 0.2) is 23.4 Å². The van der Waals surface area contributed by atoms with Crippen molar-refractivity contribution < 1.29 is 23.1 Å². The smallest absolute Gasteiger partial charge is 0.277 e. The second-order valence-electron chi connectivity index (χ2n) is 7.98. The molecule has 5 rings (SSSR count). The Bertz CT molecular complexity index is 1330. The van der Waals surface area contributed by atoms with Gasteiger partial charge in [-0.05, 0) is 56.3 Å². The molecule has 2 aromatic carbocycles.